The van der Waals surface area contributed by atoms with E-state index >= 15 is 0 Å². The summed E-state index contributed by atoms with van der Waals surface area (Å²) in [6.07, 6.45) is 1.91. The molecule has 6 nitrogen and oxygen atoms in total. The first kappa shape index (κ1) is 18.7. The Kier molecular flexibility index (Phi) is 7.64. The molecule has 1 aliphatic rings. The van der Waals surface area contributed by atoms with Crippen LogP contribution >= 0.6 is 24.2 Å². The summed E-state index contributed by atoms with van der Waals surface area (Å²) >= 11 is 1.39. The maximum Gasteiger partial charge on any atom is 0.269 e. The van der Waals surface area contributed by atoms with E-state index < -0.39 is 4.92 Å². The molecular formula is C14H20ClN3O3S. The molecule has 2 unspecified atom stereocenters. The highest BCUT2D eigenvalue weighted by atomic mass is 35.5. The van der Waals surface area contributed by atoms with Crippen LogP contribution in [0.2, 0.25) is 0 Å². The first-order chi connectivity index (χ1) is 10.0. The summed E-state index contributed by atoms with van der Waals surface area (Å²) < 4.78 is 0. The highest BCUT2D eigenvalue weighted by Gasteiger charge is 2.19. The molecule has 1 fully saturated rings. The predicted octanol–water partition coefficient (Wildman–Crippen LogP) is 2.37. The maximum absolute atomic E-state index is 11.9. The molecular weight excluding hydrogens is 326 g/mol. The quantitative estimate of drug-likeness (QED) is 0.486. The van der Waals surface area contributed by atoms with Crippen LogP contribution in [-0.2, 0) is 4.79 Å². The SMILES string of the molecule is CC1CC(NC(=O)CSc2ccc([N+](=O)[O-])cc2)CCN1.Cl. The lowest BCUT2D eigenvalue weighted by atomic mass is 10.0. The van der Waals surface area contributed by atoms with Crippen LogP contribution in [0.5, 0.6) is 0 Å². The molecule has 1 aromatic rings. The molecule has 22 heavy (non-hydrogen) atoms. The lowest BCUT2D eigenvalue weighted by Gasteiger charge is -2.28. The monoisotopic (exact) mass is 345 g/mol. The average Bonchev–Trinajstić information content (AvgIpc) is 2.45. The summed E-state index contributed by atoms with van der Waals surface area (Å²) in [4.78, 5) is 22.9. The number of piperidine rings is 1. The predicted molar refractivity (Wildman–Crippen MR) is 89.7 cm³/mol. The van der Waals surface area contributed by atoms with Gasteiger partial charge in [0, 0.05) is 29.1 Å². The Morgan fingerprint density at radius 3 is 2.73 bits per heavy atom. The molecule has 2 atom stereocenters. The number of hydrogen-bond donors (Lipinski definition) is 2. The first-order valence-corrected chi connectivity index (χ1v) is 7.93. The van der Waals surface area contributed by atoms with Gasteiger partial charge in [-0.2, -0.15) is 0 Å². The Labute approximate surface area is 140 Å². The molecule has 1 aromatic carbocycles. The van der Waals surface area contributed by atoms with Crippen LogP contribution in [0, 0.1) is 10.1 Å². The van der Waals surface area contributed by atoms with Crippen molar-refractivity contribution in [3.63, 3.8) is 0 Å². The van der Waals surface area contributed by atoms with E-state index in [1.807, 2.05) is 0 Å². The van der Waals surface area contributed by atoms with Gasteiger partial charge in [-0.15, -0.1) is 24.2 Å². The summed E-state index contributed by atoms with van der Waals surface area (Å²) in [6.45, 7) is 3.05. The smallest absolute Gasteiger partial charge is 0.269 e. The topological polar surface area (TPSA) is 84.3 Å². The van der Waals surface area contributed by atoms with Crippen molar-refractivity contribution < 1.29 is 9.72 Å². The standard InChI is InChI=1S/C14H19N3O3S.ClH/c1-10-8-11(6-7-15-10)16-14(18)9-21-13-4-2-12(3-5-13)17(19)20;/h2-5,10-11,15H,6-9H2,1H3,(H,16,18);1H. The minimum Gasteiger partial charge on any atom is -0.353 e. The number of nitrogens with one attached hydrogen (secondary N) is 2. The molecule has 1 aliphatic heterocycles. The number of thioether (sulfide) groups is 1. The molecule has 122 valence electrons. The third kappa shape index (κ3) is 5.82. The summed E-state index contributed by atoms with van der Waals surface area (Å²) in [5, 5.41) is 16.9. The Morgan fingerprint density at radius 1 is 1.45 bits per heavy atom. The Morgan fingerprint density at radius 2 is 2.14 bits per heavy atom. The summed E-state index contributed by atoms with van der Waals surface area (Å²) in [5.74, 6) is 0.341. The van der Waals surface area contributed by atoms with Crippen LogP contribution in [0.4, 0.5) is 5.69 Å². The second kappa shape index (κ2) is 8.97. The number of halogens is 1. The van der Waals surface area contributed by atoms with E-state index in [0.29, 0.717) is 11.8 Å². The number of rotatable bonds is 5. The fraction of sp³-hybridized carbons (Fsp3) is 0.500. The lowest BCUT2D eigenvalue weighted by Crippen LogP contribution is -2.47. The summed E-state index contributed by atoms with van der Waals surface area (Å²) in [7, 11) is 0. The van der Waals surface area contributed by atoms with Crippen LogP contribution < -0.4 is 10.6 Å². The van der Waals surface area contributed by atoms with E-state index in [-0.39, 0.29) is 30.0 Å². The van der Waals surface area contributed by atoms with Gasteiger partial charge in [0.2, 0.25) is 5.91 Å². The van der Waals surface area contributed by atoms with E-state index in [9.17, 15) is 14.9 Å². The first-order valence-electron chi connectivity index (χ1n) is 6.94. The molecule has 0 aromatic heterocycles. The van der Waals surface area contributed by atoms with E-state index in [2.05, 4.69) is 17.6 Å². The van der Waals surface area contributed by atoms with Gasteiger partial charge >= 0.3 is 0 Å². The van der Waals surface area contributed by atoms with Gasteiger partial charge in [0.15, 0.2) is 0 Å². The molecule has 0 spiro atoms. The van der Waals surface area contributed by atoms with Crippen LogP contribution in [-0.4, -0.2) is 35.2 Å². The van der Waals surface area contributed by atoms with Crippen molar-refractivity contribution in [2.75, 3.05) is 12.3 Å². The Bertz CT molecular complexity index is 513. The van der Waals surface area contributed by atoms with Gasteiger partial charge in [0.1, 0.15) is 0 Å². The van der Waals surface area contributed by atoms with Gasteiger partial charge in [-0.05, 0) is 38.4 Å². The van der Waals surface area contributed by atoms with E-state index in [1.54, 1.807) is 12.1 Å². The molecule has 0 radical (unpaired) electrons. The largest absolute Gasteiger partial charge is 0.353 e. The molecule has 2 rings (SSSR count). The zero-order valence-corrected chi connectivity index (χ0v) is 13.9. The molecule has 2 N–H and O–H groups in total. The van der Waals surface area contributed by atoms with E-state index in [4.69, 9.17) is 0 Å². The normalized spacial score (nSPS) is 20.8. The number of nitro groups is 1. The van der Waals surface area contributed by atoms with Crippen molar-refractivity contribution in [3.8, 4) is 0 Å². The second-order valence-electron chi connectivity index (χ2n) is 5.18. The Balaban J connectivity index is 0.00000242. The fourth-order valence-corrected chi connectivity index (χ4v) is 3.05. The van der Waals surface area contributed by atoms with Gasteiger partial charge in [0.25, 0.3) is 5.69 Å². The van der Waals surface area contributed by atoms with Crippen molar-refractivity contribution in [3.05, 3.63) is 34.4 Å². The van der Waals surface area contributed by atoms with Crippen molar-refractivity contribution in [1.29, 1.82) is 0 Å². The molecule has 1 amide bonds. The van der Waals surface area contributed by atoms with E-state index in [0.717, 1.165) is 24.3 Å². The zero-order chi connectivity index (χ0) is 15.2. The number of amides is 1. The lowest BCUT2D eigenvalue weighted by molar-refractivity contribution is -0.384. The fourth-order valence-electron chi connectivity index (χ4n) is 2.35. The van der Waals surface area contributed by atoms with Crippen LogP contribution in [0.15, 0.2) is 29.2 Å². The van der Waals surface area contributed by atoms with E-state index in [1.165, 1.54) is 23.9 Å². The zero-order valence-electron chi connectivity index (χ0n) is 12.3. The summed E-state index contributed by atoms with van der Waals surface area (Å²) in [6, 6.07) is 6.92. The van der Waals surface area contributed by atoms with Crippen LogP contribution in [0.25, 0.3) is 0 Å². The van der Waals surface area contributed by atoms with Crippen molar-refractivity contribution in [2.24, 2.45) is 0 Å². The van der Waals surface area contributed by atoms with Gasteiger partial charge in [-0.3, -0.25) is 14.9 Å². The number of carbonyl (C=O) groups is 1. The van der Waals surface area contributed by atoms with Gasteiger partial charge in [-0.1, -0.05) is 0 Å². The maximum atomic E-state index is 11.9. The third-order valence-corrected chi connectivity index (χ3v) is 4.42. The number of benzene rings is 1. The number of nitro benzene ring substituents is 1. The Hall–Kier alpha value is -1.31. The highest BCUT2D eigenvalue weighted by molar-refractivity contribution is 8.00. The van der Waals surface area contributed by atoms with Gasteiger partial charge in [0.05, 0.1) is 10.7 Å². The highest BCUT2D eigenvalue weighted by Crippen LogP contribution is 2.21. The number of nitrogens with zero attached hydrogens (tertiary/aromatic N) is 1. The van der Waals surface area contributed by atoms with Crippen LogP contribution in [0.3, 0.4) is 0 Å². The molecule has 0 bridgehead atoms. The molecule has 1 saturated heterocycles. The average molecular weight is 346 g/mol. The number of hydrogen-bond acceptors (Lipinski definition) is 5. The second-order valence-corrected chi connectivity index (χ2v) is 6.23. The number of non-ortho nitro benzene ring substituents is 1. The minimum atomic E-state index is -0.431. The molecule has 1 heterocycles. The third-order valence-electron chi connectivity index (χ3n) is 3.41. The van der Waals surface area contributed by atoms with Gasteiger partial charge < -0.3 is 10.6 Å². The van der Waals surface area contributed by atoms with Gasteiger partial charge in [-0.25, -0.2) is 0 Å². The summed E-state index contributed by atoms with van der Waals surface area (Å²) in [5.41, 5.74) is 0.0625. The molecule has 0 saturated carbocycles. The van der Waals surface area contributed by atoms with Crippen LogP contribution in [0.1, 0.15) is 19.8 Å². The van der Waals surface area contributed by atoms with Crippen molar-refractivity contribution >= 4 is 35.8 Å². The number of carbonyl (C=O) groups excluding carboxylic acids is 1. The molecule has 0 aliphatic carbocycles. The molecule has 8 heteroatoms. The van der Waals surface area contributed by atoms with Crippen molar-refractivity contribution in [1.82, 2.24) is 10.6 Å². The minimum absolute atomic E-state index is 0. The van der Waals surface area contributed by atoms with Crippen molar-refractivity contribution in [2.45, 2.75) is 36.7 Å².